The molecule has 1 atom stereocenters. The van der Waals surface area contributed by atoms with Crippen LogP contribution in [0.3, 0.4) is 0 Å². The number of nitrogens with one attached hydrogen (secondary N) is 1. The van der Waals surface area contributed by atoms with Gasteiger partial charge in [0.25, 0.3) is 0 Å². The summed E-state index contributed by atoms with van der Waals surface area (Å²) in [5.74, 6) is 0.450. The van der Waals surface area contributed by atoms with Gasteiger partial charge in [0, 0.05) is 24.4 Å². The first-order valence-corrected chi connectivity index (χ1v) is 12.6. The molecule has 5 heteroatoms. The fourth-order valence-electron chi connectivity index (χ4n) is 4.39. The molecule has 0 heterocycles. The molecule has 190 valence electrons. The van der Waals surface area contributed by atoms with Crippen molar-refractivity contribution in [3.63, 3.8) is 0 Å². The van der Waals surface area contributed by atoms with Crippen molar-refractivity contribution < 1.29 is 14.3 Å². The third kappa shape index (κ3) is 7.45. The molecule has 5 nitrogen and oxygen atoms in total. The maximum Gasteiger partial charge on any atom is 0.243 e. The Balaban J connectivity index is 1.96. The van der Waals surface area contributed by atoms with Crippen LogP contribution >= 0.6 is 0 Å². The number of methoxy groups -OCH3 is 1. The Labute approximate surface area is 215 Å². The molecule has 3 aromatic carbocycles. The van der Waals surface area contributed by atoms with Gasteiger partial charge in [-0.3, -0.25) is 9.59 Å². The Bertz CT molecular complexity index is 1070. The average molecular weight is 487 g/mol. The van der Waals surface area contributed by atoms with Crippen molar-refractivity contribution in [2.45, 2.75) is 64.6 Å². The lowest BCUT2D eigenvalue weighted by Gasteiger charge is -2.34. The smallest absolute Gasteiger partial charge is 0.243 e. The first-order valence-electron chi connectivity index (χ1n) is 12.6. The normalized spacial score (nSPS) is 12.2. The van der Waals surface area contributed by atoms with E-state index in [1.54, 1.807) is 12.0 Å². The fraction of sp³-hybridized carbons (Fsp3) is 0.355. The van der Waals surface area contributed by atoms with Crippen LogP contribution in [0.15, 0.2) is 84.9 Å². The maximum atomic E-state index is 14.0. The van der Waals surface area contributed by atoms with E-state index < -0.39 is 11.6 Å². The molecule has 0 unspecified atom stereocenters. The Morgan fingerprint density at radius 1 is 0.861 bits per heavy atom. The quantitative estimate of drug-likeness (QED) is 0.386. The SMILES string of the molecule is CC[C@H](C(=O)NC(C)(C)C)N(Cc1ccc(OC)cc1)C(=O)CC(c1ccccc1)c1ccccc1. The molecule has 36 heavy (non-hydrogen) atoms. The zero-order chi connectivity index (χ0) is 26.1. The summed E-state index contributed by atoms with van der Waals surface area (Å²) in [5.41, 5.74) is 2.71. The van der Waals surface area contributed by atoms with Crippen molar-refractivity contribution in [3.05, 3.63) is 102 Å². The summed E-state index contributed by atoms with van der Waals surface area (Å²) in [6.45, 7) is 8.15. The molecule has 0 fully saturated rings. The summed E-state index contributed by atoms with van der Waals surface area (Å²) in [7, 11) is 1.63. The Hall–Kier alpha value is -3.60. The van der Waals surface area contributed by atoms with Crippen LogP contribution in [-0.2, 0) is 16.1 Å². The average Bonchev–Trinajstić information content (AvgIpc) is 2.87. The number of amides is 2. The van der Waals surface area contributed by atoms with Gasteiger partial charge in [-0.25, -0.2) is 0 Å². The number of ether oxygens (including phenoxy) is 1. The van der Waals surface area contributed by atoms with Gasteiger partial charge in [0.1, 0.15) is 11.8 Å². The zero-order valence-corrected chi connectivity index (χ0v) is 22.0. The van der Waals surface area contributed by atoms with Gasteiger partial charge in [-0.2, -0.15) is 0 Å². The van der Waals surface area contributed by atoms with Crippen molar-refractivity contribution in [1.29, 1.82) is 0 Å². The lowest BCUT2D eigenvalue weighted by Crippen LogP contribution is -2.53. The molecule has 0 saturated carbocycles. The van der Waals surface area contributed by atoms with Crippen molar-refractivity contribution in [2.75, 3.05) is 7.11 Å². The van der Waals surface area contributed by atoms with E-state index in [4.69, 9.17) is 4.74 Å². The van der Waals surface area contributed by atoms with Crippen LogP contribution < -0.4 is 10.1 Å². The number of benzene rings is 3. The van der Waals surface area contributed by atoms with Crippen LogP contribution in [0.2, 0.25) is 0 Å². The second-order valence-corrected chi connectivity index (χ2v) is 10.1. The topological polar surface area (TPSA) is 58.6 Å². The number of nitrogens with zero attached hydrogens (tertiary/aromatic N) is 1. The minimum Gasteiger partial charge on any atom is -0.497 e. The predicted molar refractivity (Wildman–Crippen MR) is 145 cm³/mol. The molecular weight excluding hydrogens is 448 g/mol. The van der Waals surface area contributed by atoms with E-state index >= 15 is 0 Å². The second kappa shape index (κ2) is 12.4. The minimum absolute atomic E-state index is 0.0561. The van der Waals surface area contributed by atoms with Gasteiger partial charge < -0.3 is 15.0 Å². The van der Waals surface area contributed by atoms with Gasteiger partial charge in [-0.15, -0.1) is 0 Å². The maximum absolute atomic E-state index is 14.0. The summed E-state index contributed by atoms with van der Waals surface area (Å²) in [4.78, 5) is 29.1. The lowest BCUT2D eigenvalue weighted by molar-refractivity contribution is -0.142. The van der Waals surface area contributed by atoms with Gasteiger partial charge in [0.05, 0.1) is 7.11 Å². The molecule has 2 amide bonds. The molecule has 0 saturated heterocycles. The molecule has 3 aromatic rings. The summed E-state index contributed by atoms with van der Waals surface area (Å²) in [6, 6.07) is 27.2. The van der Waals surface area contributed by atoms with Gasteiger partial charge in [0.15, 0.2) is 0 Å². The largest absolute Gasteiger partial charge is 0.497 e. The van der Waals surface area contributed by atoms with Gasteiger partial charge in [0.2, 0.25) is 11.8 Å². The van der Waals surface area contributed by atoms with Crippen LogP contribution in [-0.4, -0.2) is 35.4 Å². The van der Waals surface area contributed by atoms with E-state index in [2.05, 4.69) is 29.6 Å². The Morgan fingerprint density at radius 3 is 1.83 bits per heavy atom. The van der Waals surface area contributed by atoms with E-state index in [0.29, 0.717) is 13.0 Å². The summed E-state index contributed by atoms with van der Waals surface area (Å²) >= 11 is 0. The molecule has 1 N–H and O–H groups in total. The third-order valence-electron chi connectivity index (χ3n) is 6.18. The molecule has 0 aromatic heterocycles. The van der Waals surface area contributed by atoms with E-state index in [1.807, 2.05) is 88.4 Å². The van der Waals surface area contributed by atoms with Crippen LogP contribution in [0, 0.1) is 0 Å². The first kappa shape index (κ1) is 27.0. The standard InChI is InChI=1S/C31H38N2O3/c1-6-28(30(35)32-31(2,3)4)33(22-23-17-19-26(36-5)20-18-23)29(34)21-27(24-13-9-7-10-14-24)25-15-11-8-12-16-25/h7-20,27-28H,6,21-22H2,1-5H3,(H,32,35)/t28-/m1/s1. The number of carbonyl (C=O) groups is 2. The number of rotatable bonds is 10. The lowest BCUT2D eigenvalue weighted by atomic mass is 9.88. The molecule has 3 rings (SSSR count). The van der Waals surface area contributed by atoms with E-state index in [0.717, 1.165) is 22.4 Å². The number of hydrogen-bond acceptors (Lipinski definition) is 3. The van der Waals surface area contributed by atoms with Crippen molar-refractivity contribution in [2.24, 2.45) is 0 Å². The van der Waals surface area contributed by atoms with Gasteiger partial charge in [-0.05, 0) is 56.0 Å². The van der Waals surface area contributed by atoms with Gasteiger partial charge >= 0.3 is 0 Å². The molecular formula is C31H38N2O3. The van der Waals surface area contributed by atoms with Crippen molar-refractivity contribution in [1.82, 2.24) is 10.2 Å². The predicted octanol–water partition coefficient (Wildman–Crippen LogP) is 5.94. The highest BCUT2D eigenvalue weighted by atomic mass is 16.5. The summed E-state index contributed by atoms with van der Waals surface area (Å²) in [5, 5.41) is 3.07. The monoisotopic (exact) mass is 486 g/mol. The van der Waals surface area contributed by atoms with E-state index in [9.17, 15) is 9.59 Å². The van der Waals surface area contributed by atoms with E-state index in [-0.39, 0.29) is 24.2 Å². The molecule has 0 bridgehead atoms. The van der Waals surface area contributed by atoms with Crippen molar-refractivity contribution >= 4 is 11.8 Å². The number of carbonyl (C=O) groups excluding carboxylic acids is 2. The van der Waals surface area contributed by atoms with Crippen LogP contribution in [0.25, 0.3) is 0 Å². The number of hydrogen-bond donors (Lipinski definition) is 1. The third-order valence-corrected chi connectivity index (χ3v) is 6.18. The van der Waals surface area contributed by atoms with Crippen LogP contribution in [0.1, 0.15) is 63.1 Å². The molecule has 0 radical (unpaired) electrons. The highest BCUT2D eigenvalue weighted by molar-refractivity contribution is 5.88. The molecule has 0 spiro atoms. The minimum atomic E-state index is -0.578. The van der Waals surface area contributed by atoms with Gasteiger partial charge in [-0.1, -0.05) is 79.7 Å². The summed E-state index contributed by atoms with van der Waals surface area (Å²) < 4.78 is 5.29. The summed E-state index contributed by atoms with van der Waals surface area (Å²) in [6.07, 6.45) is 0.786. The second-order valence-electron chi connectivity index (χ2n) is 10.1. The molecule has 0 aliphatic rings. The highest BCUT2D eigenvalue weighted by Gasteiger charge is 2.32. The molecule has 0 aliphatic carbocycles. The highest BCUT2D eigenvalue weighted by Crippen LogP contribution is 2.30. The Morgan fingerprint density at radius 2 is 1.39 bits per heavy atom. The first-order chi connectivity index (χ1) is 17.2. The van der Waals surface area contributed by atoms with E-state index in [1.165, 1.54) is 0 Å². The van der Waals surface area contributed by atoms with Crippen LogP contribution in [0.5, 0.6) is 5.75 Å². The zero-order valence-electron chi connectivity index (χ0n) is 22.0. The van der Waals surface area contributed by atoms with Crippen LogP contribution in [0.4, 0.5) is 0 Å². The fourth-order valence-corrected chi connectivity index (χ4v) is 4.39. The van der Waals surface area contributed by atoms with Crippen molar-refractivity contribution in [3.8, 4) is 5.75 Å². The molecule has 0 aliphatic heterocycles. The Kier molecular flexibility index (Phi) is 9.29.